The lowest BCUT2D eigenvalue weighted by molar-refractivity contribution is 0.925. The third kappa shape index (κ3) is 2.00. The van der Waals surface area contributed by atoms with Gasteiger partial charge in [0.1, 0.15) is 0 Å². The van der Waals surface area contributed by atoms with Crippen LogP contribution in [0.25, 0.3) is 22.4 Å². The van der Waals surface area contributed by atoms with Gasteiger partial charge in [-0.1, -0.05) is 54.6 Å². The second kappa shape index (κ2) is 4.74. The third-order valence-electron chi connectivity index (χ3n) is 4.17. The molecule has 1 aliphatic carbocycles. The molecule has 3 aromatic rings. The summed E-state index contributed by atoms with van der Waals surface area (Å²) in [7, 11) is 0. The summed E-state index contributed by atoms with van der Waals surface area (Å²) in [5, 5.41) is 0. The number of rotatable bonds is 1. The van der Waals surface area contributed by atoms with Gasteiger partial charge in [-0.15, -0.1) is 0 Å². The molecule has 0 bridgehead atoms. The highest BCUT2D eigenvalue weighted by Crippen LogP contribution is 2.36. The van der Waals surface area contributed by atoms with Crippen LogP contribution < -0.4 is 5.56 Å². The highest BCUT2D eigenvalue weighted by atomic mass is 16.1. The Labute approximate surface area is 123 Å². The van der Waals surface area contributed by atoms with E-state index in [0.29, 0.717) is 0 Å². The van der Waals surface area contributed by atoms with Crippen LogP contribution >= 0.6 is 0 Å². The summed E-state index contributed by atoms with van der Waals surface area (Å²) in [6.45, 7) is 0. The number of H-pyrrole nitrogens is 1. The largest absolute Gasteiger partial charge is 0.322 e. The molecule has 0 amide bonds. The van der Waals surface area contributed by atoms with E-state index in [-0.39, 0.29) is 5.56 Å². The number of aromatic nitrogens is 1. The van der Waals surface area contributed by atoms with Crippen molar-refractivity contribution in [2.75, 3.05) is 0 Å². The fraction of sp³-hybridized carbons (Fsp3) is 0.105. The number of hydrogen-bond acceptors (Lipinski definition) is 1. The zero-order chi connectivity index (χ0) is 14.2. The minimum atomic E-state index is -0.0377. The van der Waals surface area contributed by atoms with Crippen LogP contribution in [0.3, 0.4) is 0 Å². The minimum Gasteiger partial charge on any atom is -0.322 e. The monoisotopic (exact) mass is 273 g/mol. The summed E-state index contributed by atoms with van der Waals surface area (Å²) >= 11 is 0. The second-order valence-electron chi connectivity index (χ2n) is 5.42. The zero-order valence-electron chi connectivity index (χ0n) is 11.6. The van der Waals surface area contributed by atoms with Gasteiger partial charge in [-0.05, 0) is 35.1 Å². The van der Waals surface area contributed by atoms with Crippen molar-refractivity contribution in [2.24, 2.45) is 0 Å². The lowest BCUT2D eigenvalue weighted by Gasteiger charge is -2.22. The Kier molecular flexibility index (Phi) is 2.74. The standard InChI is InChI=1S/C19H15NO/c21-18-12-17(13-6-2-1-3-7-13)16-11-10-14-8-4-5-9-15(14)19(16)20-18/h1-9,12H,10-11H2,(H,20,21). The molecule has 0 radical (unpaired) electrons. The zero-order valence-corrected chi connectivity index (χ0v) is 11.6. The first-order chi connectivity index (χ1) is 10.3. The number of benzene rings is 2. The molecule has 0 saturated carbocycles. The Morgan fingerprint density at radius 2 is 1.57 bits per heavy atom. The van der Waals surface area contributed by atoms with Crippen LogP contribution in [-0.4, -0.2) is 4.98 Å². The van der Waals surface area contributed by atoms with E-state index in [1.54, 1.807) is 6.07 Å². The molecule has 0 fully saturated rings. The number of hydrogen-bond donors (Lipinski definition) is 1. The van der Waals surface area contributed by atoms with Crippen molar-refractivity contribution in [1.29, 1.82) is 0 Å². The maximum Gasteiger partial charge on any atom is 0.249 e. The molecule has 1 aliphatic rings. The second-order valence-corrected chi connectivity index (χ2v) is 5.42. The molecule has 0 saturated heterocycles. The molecule has 2 heteroatoms. The summed E-state index contributed by atoms with van der Waals surface area (Å²) in [4.78, 5) is 15.1. The quantitative estimate of drug-likeness (QED) is 0.718. The van der Waals surface area contributed by atoms with Crippen molar-refractivity contribution in [3.05, 3.63) is 82.1 Å². The lowest BCUT2D eigenvalue weighted by atomic mass is 9.85. The Morgan fingerprint density at radius 3 is 2.43 bits per heavy atom. The molecule has 2 aromatic carbocycles. The smallest absolute Gasteiger partial charge is 0.249 e. The van der Waals surface area contributed by atoms with Gasteiger partial charge in [0.05, 0.1) is 5.69 Å². The molecule has 1 heterocycles. The molecule has 0 spiro atoms. The van der Waals surface area contributed by atoms with Gasteiger partial charge in [0.25, 0.3) is 0 Å². The molecule has 4 rings (SSSR count). The highest BCUT2D eigenvalue weighted by molar-refractivity contribution is 5.78. The Balaban J connectivity index is 2.02. The van der Waals surface area contributed by atoms with Gasteiger partial charge in [0.15, 0.2) is 0 Å². The Hall–Kier alpha value is -2.61. The number of aryl methyl sites for hydroxylation is 1. The summed E-state index contributed by atoms with van der Waals surface area (Å²) < 4.78 is 0. The van der Waals surface area contributed by atoms with E-state index in [9.17, 15) is 4.79 Å². The van der Waals surface area contributed by atoms with E-state index in [4.69, 9.17) is 0 Å². The molecule has 0 unspecified atom stereocenters. The highest BCUT2D eigenvalue weighted by Gasteiger charge is 2.20. The number of pyridine rings is 1. The van der Waals surface area contributed by atoms with Crippen molar-refractivity contribution < 1.29 is 0 Å². The number of fused-ring (bicyclic) bond motifs is 3. The van der Waals surface area contributed by atoms with Crippen molar-refractivity contribution in [1.82, 2.24) is 4.98 Å². The van der Waals surface area contributed by atoms with Gasteiger partial charge < -0.3 is 4.98 Å². The van der Waals surface area contributed by atoms with Crippen LogP contribution in [0, 0.1) is 0 Å². The predicted molar refractivity (Wildman–Crippen MR) is 85.3 cm³/mol. The molecule has 0 atom stereocenters. The predicted octanol–water partition coefficient (Wildman–Crippen LogP) is 3.81. The molecule has 1 aromatic heterocycles. The SMILES string of the molecule is O=c1cc(-c2ccccc2)c2c([nH]1)-c1ccccc1CC2. The fourth-order valence-electron chi connectivity index (χ4n) is 3.19. The van der Waals surface area contributed by atoms with Gasteiger partial charge >= 0.3 is 0 Å². The normalized spacial score (nSPS) is 12.6. The summed E-state index contributed by atoms with van der Waals surface area (Å²) in [5.74, 6) is 0. The lowest BCUT2D eigenvalue weighted by Crippen LogP contribution is -2.14. The van der Waals surface area contributed by atoms with Crippen molar-refractivity contribution in [3.63, 3.8) is 0 Å². The van der Waals surface area contributed by atoms with Gasteiger partial charge in [-0.25, -0.2) is 0 Å². The van der Waals surface area contributed by atoms with Crippen molar-refractivity contribution >= 4 is 0 Å². The van der Waals surface area contributed by atoms with Gasteiger partial charge in [-0.3, -0.25) is 4.79 Å². The molecule has 21 heavy (non-hydrogen) atoms. The number of nitrogens with one attached hydrogen (secondary N) is 1. The van der Waals surface area contributed by atoms with E-state index in [2.05, 4.69) is 35.3 Å². The first-order valence-electron chi connectivity index (χ1n) is 7.23. The average molecular weight is 273 g/mol. The maximum absolute atomic E-state index is 12.1. The van der Waals surface area contributed by atoms with Crippen LogP contribution in [0.2, 0.25) is 0 Å². The van der Waals surface area contributed by atoms with E-state index in [1.165, 1.54) is 11.1 Å². The summed E-state index contributed by atoms with van der Waals surface area (Å²) in [6, 6.07) is 20.2. The van der Waals surface area contributed by atoms with E-state index in [1.807, 2.05) is 24.3 Å². The topological polar surface area (TPSA) is 32.9 Å². The number of aromatic amines is 1. The van der Waals surface area contributed by atoms with Gasteiger partial charge in [0, 0.05) is 11.6 Å². The Morgan fingerprint density at radius 1 is 0.810 bits per heavy atom. The molecule has 2 nitrogen and oxygen atoms in total. The van der Waals surface area contributed by atoms with E-state index < -0.39 is 0 Å². The van der Waals surface area contributed by atoms with Crippen molar-refractivity contribution in [2.45, 2.75) is 12.8 Å². The maximum atomic E-state index is 12.1. The molecule has 0 aliphatic heterocycles. The third-order valence-corrected chi connectivity index (χ3v) is 4.17. The summed E-state index contributed by atoms with van der Waals surface area (Å²) in [6.07, 6.45) is 1.99. The molecule has 102 valence electrons. The molecular formula is C19H15NO. The van der Waals surface area contributed by atoms with Gasteiger partial charge in [0.2, 0.25) is 5.56 Å². The van der Waals surface area contributed by atoms with Crippen LogP contribution in [0.4, 0.5) is 0 Å². The fourth-order valence-corrected chi connectivity index (χ4v) is 3.19. The van der Waals surface area contributed by atoms with Crippen LogP contribution in [0.1, 0.15) is 11.1 Å². The van der Waals surface area contributed by atoms with Crippen LogP contribution in [0.5, 0.6) is 0 Å². The van der Waals surface area contributed by atoms with Crippen LogP contribution in [-0.2, 0) is 12.8 Å². The first-order valence-corrected chi connectivity index (χ1v) is 7.23. The van der Waals surface area contributed by atoms with E-state index in [0.717, 1.165) is 35.2 Å². The summed E-state index contributed by atoms with van der Waals surface area (Å²) in [5.41, 5.74) is 6.84. The minimum absolute atomic E-state index is 0.0377. The first kappa shape index (κ1) is 12.2. The molecular weight excluding hydrogens is 258 g/mol. The van der Waals surface area contributed by atoms with Crippen LogP contribution in [0.15, 0.2) is 65.5 Å². The molecule has 1 N–H and O–H groups in total. The van der Waals surface area contributed by atoms with E-state index >= 15 is 0 Å². The van der Waals surface area contributed by atoms with Gasteiger partial charge in [-0.2, -0.15) is 0 Å². The Bertz CT molecular complexity index is 842. The average Bonchev–Trinajstić information content (AvgIpc) is 2.55. The van der Waals surface area contributed by atoms with Crippen molar-refractivity contribution in [3.8, 4) is 22.4 Å².